The van der Waals surface area contributed by atoms with Crippen LogP contribution in [0.5, 0.6) is 0 Å². The number of thiocarbonyl (C=S) groups is 1. The van der Waals surface area contributed by atoms with Crippen molar-refractivity contribution in [3.05, 3.63) is 0 Å². The van der Waals surface area contributed by atoms with E-state index in [-0.39, 0.29) is 43.8 Å². The molecule has 18 nitrogen and oxygen atoms in total. The molecule has 428 valence electrons. The maximum absolute atomic E-state index is 14.6. The normalized spacial score (nSPS) is 40.8. The van der Waals surface area contributed by atoms with E-state index in [0.29, 0.717) is 43.6 Å². The zero-order chi connectivity index (χ0) is 54.8. The Morgan fingerprint density at radius 3 is 2.01 bits per heavy atom. The maximum atomic E-state index is 14.6. The molecular weight excluding hydrogens is 961 g/mol. The lowest BCUT2D eigenvalue weighted by atomic mass is 9.77. The number of carbonyl (C=O) groups excluding carboxylic acids is 1. The summed E-state index contributed by atoms with van der Waals surface area (Å²) in [5.41, 5.74) is -4.52. The fourth-order valence-electron chi connectivity index (χ4n) is 11.9. The van der Waals surface area contributed by atoms with Gasteiger partial charge in [-0.05, 0) is 119 Å². The molecule has 0 aromatic carbocycles. The molecule has 3 heterocycles. The third-order valence-electron chi connectivity index (χ3n) is 16.4. The van der Waals surface area contributed by atoms with Gasteiger partial charge in [0.1, 0.15) is 30.0 Å². The molecule has 1 aliphatic carbocycles. The van der Waals surface area contributed by atoms with Crippen LogP contribution in [0, 0.1) is 17.8 Å². The van der Waals surface area contributed by atoms with Crippen molar-refractivity contribution in [2.45, 2.75) is 268 Å². The van der Waals surface area contributed by atoms with E-state index in [0.717, 1.165) is 12.8 Å². The van der Waals surface area contributed by atoms with E-state index < -0.39 is 96.0 Å². The molecule has 0 unspecified atom stereocenters. The number of methoxy groups -OCH3 is 1. The summed E-state index contributed by atoms with van der Waals surface area (Å²) in [6, 6.07) is -0.558. The van der Waals surface area contributed by atoms with Gasteiger partial charge in [0, 0.05) is 57.2 Å². The molecule has 73 heavy (non-hydrogen) atoms. The van der Waals surface area contributed by atoms with Crippen molar-refractivity contribution < 1.29 is 68.6 Å². The zero-order valence-electron chi connectivity index (χ0n) is 47.0. The van der Waals surface area contributed by atoms with Gasteiger partial charge in [-0.3, -0.25) is 14.5 Å². The highest BCUT2D eigenvalue weighted by atomic mass is 32.1. The van der Waals surface area contributed by atoms with Gasteiger partial charge in [-0.1, -0.05) is 78.6 Å². The Morgan fingerprint density at radius 2 is 1.47 bits per heavy atom. The van der Waals surface area contributed by atoms with Gasteiger partial charge in [0.05, 0.1) is 41.5 Å². The first-order chi connectivity index (χ1) is 34.3. The van der Waals surface area contributed by atoms with Crippen molar-refractivity contribution in [2.75, 3.05) is 40.8 Å². The van der Waals surface area contributed by atoms with Crippen LogP contribution in [0.1, 0.15) is 172 Å². The van der Waals surface area contributed by atoms with Crippen LogP contribution in [0.4, 0.5) is 0 Å². The first kappa shape index (κ1) is 65.4. The van der Waals surface area contributed by atoms with Crippen molar-refractivity contribution in [1.29, 1.82) is 0 Å². The number of aliphatic hydroxyl groups excluding tert-OH is 3. The predicted octanol–water partition coefficient (Wildman–Crippen LogP) is 5.50. The quantitative estimate of drug-likeness (QED) is 0.0521. The smallest absolute Gasteiger partial charge is 0.311 e. The average molecular weight is 1060 g/mol. The van der Waals surface area contributed by atoms with Gasteiger partial charge in [0.15, 0.2) is 17.7 Å². The third-order valence-corrected chi connectivity index (χ3v) is 16.6. The summed E-state index contributed by atoms with van der Waals surface area (Å²) in [5.74, 6) is -2.72. The molecule has 4 rings (SSSR count). The average Bonchev–Trinajstić information content (AvgIpc) is 3.32. The Hall–Kier alpha value is -1.85. The molecule has 0 aromatic rings. The van der Waals surface area contributed by atoms with Crippen molar-refractivity contribution in [1.82, 2.24) is 20.4 Å². The zero-order valence-corrected chi connectivity index (χ0v) is 47.8. The standard InChI is InChI=1S/C53H100N4O12S.CH2O2/c1-14-41-53(10,63)45(59)37(6)57(28-24-27-54-50(70)55-39-25-22-20-18-16-15-17-19-21-23-26-39)32-33(2)30-51(8,62)47(69-49-43(58)40(56(11)12)29-34(3)65-49)35(4)44(36(5)48(61)67-41)68-42-31-52(9,64-13)46(60)38(7)66-42;2-1-3/h33-47,49,58-60,62-63H,14-32H2,1-13H3,(H2,54,55,70);1H,(H,2,3)/t33-,34-,35+,36-,37-,38+,40+,41-,42+,43-,44+,45-,46+,47-,49+,51-,52-,53-;/m1./s1. The fraction of sp³-hybridized carbons (Fsp3) is 0.944. The van der Waals surface area contributed by atoms with Gasteiger partial charge in [-0.25, -0.2) is 0 Å². The van der Waals surface area contributed by atoms with Gasteiger partial charge in [0.25, 0.3) is 6.47 Å². The summed E-state index contributed by atoms with van der Waals surface area (Å²) in [7, 11) is 5.32. The van der Waals surface area contributed by atoms with Gasteiger partial charge >= 0.3 is 5.97 Å². The molecule has 0 aromatic heterocycles. The number of nitrogens with one attached hydrogen (secondary N) is 2. The maximum Gasteiger partial charge on any atom is 0.311 e. The number of hydrogen-bond acceptors (Lipinski definition) is 16. The Morgan fingerprint density at radius 1 is 0.890 bits per heavy atom. The minimum absolute atomic E-state index is 0.121. The minimum Gasteiger partial charge on any atom is -0.483 e. The summed E-state index contributed by atoms with van der Waals surface area (Å²) in [6.45, 7) is 19.2. The number of carboxylic acid groups (broad SMARTS) is 1. The van der Waals surface area contributed by atoms with Crippen molar-refractivity contribution in [3.8, 4) is 0 Å². The largest absolute Gasteiger partial charge is 0.483 e. The molecule has 4 fully saturated rings. The second-order valence-electron chi connectivity index (χ2n) is 23.0. The monoisotopic (exact) mass is 1060 g/mol. The highest BCUT2D eigenvalue weighted by Gasteiger charge is 2.53. The predicted molar refractivity (Wildman–Crippen MR) is 285 cm³/mol. The SMILES string of the molecule is CC[C@H]1OC(=O)[C@H](C)[C@@H](O[C@H]2C[C@@](C)(OC)[C@@H](O)[C@H](C)O2)[C@H](C)[C@@H](O[C@@H]2O[C@H](C)C[C@H](N(C)C)[C@H]2O)[C@](C)(O)C[C@@H](C)CN(CCCNC(=S)NC2CCCCCCCCCCC2)[C@H](C)[C@@H](O)[C@]1(C)O.O=CO. The van der Waals surface area contributed by atoms with E-state index >= 15 is 0 Å². The lowest BCUT2D eigenvalue weighted by molar-refractivity contribution is -0.318. The summed E-state index contributed by atoms with van der Waals surface area (Å²) < 4.78 is 38.3. The van der Waals surface area contributed by atoms with E-state index in [4.69, 9.17) is 50.5 Å². The van der Waals surface area contributed by atoms with E-state index in [1.165, 1.54) is 71.8 Å². The number of likely N-dealkylation sites (N-methyl/N-ethyl adjacent to an activating group) is 1. The summed E-state index contributed by atoms with van der Waals surface area (Å²) in [6.07, 6.45) is 5.80. The van der Waals surface area contributed by atoms with Crippen molar-refractivity contribution in [2.24, 2.45) is 17.8 Å². The second-order valence-corrected chi connectivity index (χ2v) is 23.4. The molecule has 8 N–H and O–H groups in total. The van der Waals surface area contributed by atoms with Gasteiger partial charge in [0.2, 0.25) is 0 Å². The third kappa shape index (κ3) is 19.2. The van der Waals surface area contributed by atoms with Crippen LogP contribution >= 0.6 is 12.2 Å². The first-order valence-electron chi connectivity index (χ1n) is 27.7. The minimum atomic E-state index is -1.87. The number of cyclic esters (lactones) is 1. The molecule has 3 aliphatic heterocycles. The molecule has 1 saturated carbocycles. The topological polar surface area (TPSA) is 241 Å². The summed E-state index contributed by atoms with van der Waals surface area (Å²) in [5, 5.41) is 74.9. The second kappa shape index (κ2) is 30.9. The van der Waals surface area contributed by atoms with Gasteiger partial charge in [-0.15, -0.1) is 0 Å². The highest BCUT2D eigenvalue weighted by Crippen LogP contribution is 2.40. The number of carbonyl (C=O) groups is 2. The van der Waals surface area contributed by atoms with Crippen molar-refractivity contribution in [3.63, 3.8) is 0 Å². The number of ether oxygens (including phenoxy) is 6. The first-order valence-corrected chi connectivity index (χ1v) is 28.1. The lowest BCUT2D eigenvalue weighted by Gasteiger charge is -2.48. The van der Waals surface area contributed by atoms with E-state index in [2.05, 4.69) is 15.5 Å². The molecule has 0 spiro atoms. The Bertz CT molecular complexity index is 1610. The molecule has 18 atom stereocenters. The molecule has 0 radical (unpaired) electrons. The number of rotatable bonds is 12. The number of nitrogens with zero attached hydrogens (tertiary/aromatic N) is 2. The van der Waals surface area contributed by atoms with Crippen LogP contribution in [-0.2, 0) is 38.0 Å². The summed E-state index contributed by atoms with van der Waals surface area (Å²) in [4.78, 5) is 27.1. The molecule has 0 bridgehead atoms. The van der Waals surface area contributed by atoms with E-state index in [1.54, 1.807) is 34.6 Å². The summed E-state index contributed by atoms with van der Waals surface area (Å²) >= 11 is 5.83. The number of aliphatic hydroxyl groups is 5. The number of hydrogen-bond donors (Lipinski definition) is 8. The van der Waals surface area contributed by atoms with Gasteiger partial charge in [-0.2, -0.15) is 0 Å². The molecule has 3 saturated heterocycles. The molecule has 4 aliphatic rings. The van der Waals surface area contributed by atoms with E-state index in [9.17, 15) is 30.3 Å². The Labute approximate surface area is 444 Å². The van der Waals surface area contributed by atoms with Crippen LogP contribution in [0.15, 0.2) is 0 Å². The van der Waals surface area contributed by atoms with Crippen LogP contribution < -0.4 is 10.6 Å². The van der Waals surface area contributed by atoms with Crippen molar-refractivity contribution >= 4 is 29.8 Å². The van der Waals surface area contributed by atoms with Gasteiger partial charge < -0.3 is 74.6 Å². The Balaban J connectivity index is 0.00000457. The Kier molecular flexibility index (Phi) is 27.7. The van der Waals surface area contributed by atoms with Crippen LogP contribution in [0.2, 0.25) is 0 Å². The van der Waals surface area contributed by atoms with Crippen LogP contribution in [0.3, 0.4) is 0 Å². The highest BCUT2D eigenvalue weighted by molar-refractivity contribution is 7.80. The number of esters is 1. The molecular formula is C54H102N4O14S. The van der Waals surface area contributed by atoms with Crippen LogP contribution in [0.25, 0.3) is 0 Å². The van der Waals surface area contributed by atoms with Crippen LogP contribution in [-0.4, -0.2) is 195 Å². The lowest BCUT2D eigenvalue weighted by Crippen LogP contribution is -2.60. The fourth-order valence-corrected chi connectivity index (χ4v) is 12.2. The van der Waals surface area contributed by atoms with E-state index in [1.807, 2.05) is 46.7 Å². The molecule has 19 heteroatoms. The molecule has 0 amide bonds.